The molecule has 2 amide bonds. The van der Waals surface area contributed by atoms with Crippen molar-refractivity contribution >= 4 is 11.8 Å². The molecule has 0 aliphatic rings. The van der Waals surface area contributed by atoms with E-state index < -0.39 is 0 Å². The van der Waals surface area contributed by atoms with Gasteiger partial charge in [-0.1, -0.05) is 19.1 Å². The summed E-state index contributed by atoms with van der Waals surface area (Å²) in [5.41, 5.74) is 7.04. The zero-order valence-electron chi connectivity index (χ0n) is 11.2. The van der Waals surface area contributed by atoms with Crippen molar-refractivity contribution in [3.8, 4) is 0 Å². The summed E-state index contributed by atoms with van der Waals surface area (Å²) >= 11 is 0. The van der Waals surface area contributed by atoms with E-state index in [1.54, 1.807) is 12.1 Å². The van der Waals surface area contributed by atoms with Gasteiger partial charge in [-0.2, -0.15) is 0 Å². The standard InChI is InChI=1S/C14H21N3O2/c1-2-8-16-13(18)7-9-17-14(19)12-5-3-11(10-15)4-6-12/h3-6H,2,7-10,15H2,1H3,(H,16,18)(H,17,19). The van der Waals surface area contributed by atoms with E-state index in [0.29, 0.717) is 31.6 Å². The van der Waals surface area contributed by atoms with Crippen LogP contribution in [0.1, 0.15) is 35.7 Å². The summed E-state index contributed by atoms with van der Waals surface area (Å²) in [7, 11) is 0. The van der Waals surface area contributed by atoms with Gasteiger partial charge in [0.1, 0.15) is 0 Å². The Hall–Kier alpha value is -1.88. The summed E-state index contributed by atoms with van der Waals surface area (Å²) < 4.78 is 0. The van der Waals surface area contributed by atoms with Gasteiger partial charge in [0.05, 0.1) is 0 Å². The highest BCUT2D eigenvalue weighted by Gasteiger charge is 2.06. The topological polar surface area (TPSA) is 84.2 Å². The van der Waals surface area contributed by atoms with E-state index in [4.69, 9.17) is 5.73 Å². The predicted octanol–water partition coefficient (Wildman–Crippen LogP) is 0.791. The van der Waals surface area contributed by atoms with E-state index in [1.807, 2.05) is 19.1 Å². The van der Waals surface area contributed by atoms with Gasteiger partial charge >= 0.3 is 0 Å². The zero-order chi connectivity index (χ0) is 14.1. The molecule has 0 heterocycles. The fraction of sp³-hybridized carbons (Fsp3) is 0.429. The summed E-state index contributed by atoms with van der Waals surface area (Å²) in [4.78, 5) is 23.1. The number of hydrogen-bond donors (Lipinski definition) is 3. The Morgan fingerprint density at radius 2 is 1.79 bits per heavy atom. The van der Waals surface area contributed by atoms with Gasteiger partial charge in [-0.15, -0.1) is 0 Å². The van der Waals surface area contributed by atoms with Crippen LogP contribution in [0, 0.1) is 0 Å². The van der Waals surface area contributed by atoms with E-state index in [0.717, 1.165) is 12.0 Å². The smallest absolute Gasteiger partial charge is 0.251 e. The fourth-order valence-electron chi connectivity index (χ4n) is 1.54. The fourth-order valence-corrected chi connectivity index (χ4v) is 1.54. The Kier molecular flexibility index (Phi) is 6.60. The van der Waals surface area contributed by atoms with Crippen molar-refractivity contribution in [2.75, 3.05) is 13.1 Å². The predicted molar refractivity (Wildman–Crippen MR) is 74.6 cm³/mol. The van der Waals surface area contributed by atoms with Crippen molar-refractivity contribution in [2.45, 2.75) is 26.3 Å². The van der Waals surface area contributed by atoms with Crippen LogP contribution in [0.2, 0.25) is 0 Å². The highest BCUT2D eigenvalue weighted by Crippen LogP contribution is 2.03. The summed E-state index contributed by atoms with van der Waals surface area (Å²) in [5, 5.41) is 5.47. The molecule has 5 nitrogen and oxygen atoms in total. The van der Waals surface area contributed by atoms with Crippen molar-refractivity contribution in [3.05, 3.63) is 35.4 Å². The molecule has 0 bridgehead atoms. The van der Waals surface area contributed by atoms with Gasteiger partial charge in [0, 0.05) is 31.6 Å². The molecule has 19 heavy (non-hydrogen) atoms. The number of benzene rings is 1. The summed E-state index contributed by atoms with van der Waals surface area (Å²) in [6.07, 6.45) is 1.21. The number of carbonyl (C=O) groups is 2. The van der Waals surface area contributed by atoms with E-state index in [1.165, 1.54) is 0 Å². The van der Waals surface area contributed by atoms with E-state index in [9.17, 15) is 9.59 Å². The van der Waals surface area contributed by atoms with E-state index >= 15 is 0 Å². The largest absolute Gasteiger partial charge is 0.356 e. The molecule has 0 saturated heterocycles. The quantitative estimate of drug-likeness (QED) is 0.680. The SMILES string of the molecule is CCCNC(=O)CCNC(=O)c1ccc(CN)cc1. The number of hydrogen-bond acceptors (Lipinski definition) is 3. The van der Waals surface area contributed by atoms with Gasteiger partial charge < -0.3 is 16.4 Å². The Bertz CT molecular complexity index is 415. The molecule has 1 rings (SSSR count). The van der Waals surface area contributed by atoms with Crippen LogP contribution in [0.15, 0.2) is 24.3 Å². The van der Waals surface area contributed by atoms with Gasteiger partial charge in [-0.25, -0.2) is 0 Å². The van der Waals surface area contributed by atoms with Gasteiger partial charge in [-0.3, -0.25) is 9.59 Å². The van der Waals surface area contributed by atoms with Crippen LogP contribution in [0.5, 0.6) is 0 Å². The van der Waals surface area contributed by atoms with Crippen molar-refractivity contribution in [3.63, 3.8) is 0 Å². The molecule has 0 radical (unpaired) electrons. The first-order valence-electron chi connectivity index (χ1n) is 6.51. The minimum absolute atomic E-state index is 0.0411. The lowest BCUT2D eigenvalue weighted by Crippen LogP contribution is -2.31. The Morgan fingerprint density at radius 3 is 2.37 bits per heavy atom. The van der Waals surface area contributed by atoms with Gasteiger partial charge in [-0.05, 0) is 24.1 Å². The molecule has 0 saturated carbocycles. The molecule has 4 N–H and O–H groups in total. The maximum Gasteiger partial charge on any atom is 0.251 e. The average Bonchev–Trinajstić information content (AvgIpc) is 2.45. The number of nitrogens with two attached hydrogens (primary N) is 1. The Labute approximate surface area is 113 Å². The maximum absolute atomic E-state index is 11.8. The van der Waals surface area contributed by atoms with Crippen molar-refractivity contribution < 1.29 is 9.59 Å². The van der Waals surface area contributed by atoms with Crippen LogP contribution in [0.4, 0.5) is 0 Å². The molecule has 0 fully saturated rings. The lowest BCUT2D eigenvalue weighted by Gasteiger charge is -2.06. The second-order valence-corrected chi connectivity index (χ2v) is 4.26. The minimum atomic E-state index is -0.174. The van der Waals surface area contributed by atoms with Crippen LogP contribution in [0.25, 0.3) is 0 Å². The van der Waals surface area contributed by atoms with E-state index in [-0.39, 0.29) is 11.8 Å². The van der Waals surface area contributed by atoms with Gasteiger partial charge in [0.2, 0.25) is 5.91 Å². The first-order chi connectivity index (χ1) is 9.17. The molecule has 1 aromatic carbocycles. The van der Waals surface area contributed by atoms with E-state index in [2.05, 4.69) is 10.6 Å². The lowest BCUT2D eigenvalue weighted by atomic mass is 10.1. The molecular weight excluding hydrogens is 242 g/mol. The first-order valence-corrected chi connectivity index (χ1v) is 6.51. The van der Waals surface area contributed by atoms with Crippen LogP contribution in [-0.4, -0.2) is 24.9 Å². The third-order valence-electron chi connectivity index (χ3n) is 2.66. The average molecular weight is 263 g/mol. The molecule has 5 heteroatoms. The molecule has 0 aliphatic heterocycles. The molecule has 0 spiro atoms. The lowest BCUT2D eigenvalue weighted by molar-refractivity contribution is -0.120. The Balaban J connectivity index is 2.32. The third-order valence-corrected chi connectivity index (χ3v) is 2.66. The van der Waals surface area contributed by atoms with Gasteiger partial charge in [0.25, 0.3) is 5.91 Å². The molecule has 0 atom stereocenters. The van der Waals surface area contributed by atoms with Crippen molar-refractivity contribution in [2.24, 2.45) is 5.73 Å². The molecular formula is C14H21N3O2. The number of carbonyl (C=O) groups excluding carboxylic acids is 2. The maximum atomic E-state index is 11.8. The minimum Gasteiger partial charge on any atom is -0.356 e. The Morgan fingerprint density at radius 1 is 1.11 bits per heavy atom. The summed E-state index contributed by atoms with van der Waals surface area (Å²) in [5.74, 6) is -0.215. The second-order valence-electron chi connectivity index (χ2n) is 4.26. The van der Waals surface area contributed by atoms with Crippen LogP contribution >= 0.6 is 0 Å². The zero-order valence-corrected chi connectivity index (χ0v) is 11.2. The molecule has 104 valence electrons. The van der Waals surface area contributed by atoms with Crippen molar-refractivity contribution in [1.82, 2.24) is 10.6 Å². The normalized spacial score (nSPS) is 10.0. The molecule has 0 aromatic heterocycles. The van der Waals surface area contributed by atoms with Crippen LogP contribution in [-0.2, 0) is 11.3 Å². The summed E-state index contributed by atoms with van der Waals surface area (Å²) in [6.45, 7) is 3.47. The molecule has 1 aromatic rings. The highest BCUT2D eigenvalue weighted by molar-refractivity contribution is 5.94. The van der Waals surface area contributed by atoms with Crippen molar-refractivity contribution in [1.29, 1.82) is 0 Å². The first kappa shape index (κ1) is 15.2. The number of nitrogens with one attached hydrogen (secondary N) is 2. The number of amides is 2. The molecule has 0 aliphatic carbocycles. The van der Waals surface area contributed by atoms with Gasteiger partial charge in [0.15, 0.2) is 0 Å². The van der Waals surface area contributed by atoms with Crippen LogP contribution < -0.4 is 16.4 Å². The highest BCUT2D eigenvalue weighted by atomic mass is 16.2. The second kappa shape index (κ2) is 8.26. The molecule has 0 unspecified atom stereocenters. The van der Waals surface area contributed by atoms with Crippen LogP contribution in [0.3, 0.4) is 0 Å². The third kappa shape index (κ3) is 5.52. The summed E-state index contributed by atoms with van der Waals surface area (Å²) in [6, 6.07) is 7.11. The monoisotopic (exact) mass is 263 g/mol. The number of rotatable bonds is 7.